The molecule has 0 bridgehead atoms. The van der Waals surface area contributed by atoms with Gasteiger partial charge in [-0.25, -0.2) is 4.39 Å². The van der Waals surface area contributed by atoms with Crippen molar-refractivity contribution in [1.82, 2.24) is 15.1 Å². The number of amides is 1. The highest BCUT2D eigenvalue weighted by molar-refractivity contribution is 5.81. The van der Waals surface area contributed by atoms with E-state index in [0.717, 1.165) is 11.1 Å². The number of carbonyl (C=O) groups is 1. The third-order valence-electron chi connectivity index (χ3n) is 4.19. The zero-order chi connectivity index (χ0) is 19.6. The maximum Gasteiger partial charge on any atom is 0.224 e. The van der Waals surface area contributed by atoms with Crippen molar-refractivity contribution in [2.75, 3.05) is 27.7 Å². The molecule has 2 rings (SSSR count). The predicted molar refractivity (Wildman–Crippen MR) is 107 cm³/mol. The molecule has 0 unspecified atom stereocenters. The van der Waals surface area contributed by atoms with E-state index in [-0.39, 0.29) is 11.7 Å². The van der Waals surface area contributed by atoms with Crippen LogP contribution in [0.15, 0.2) is 59.6 Å². The molecule has 0 aliphatic rings. The molecule has 0 radical (unpaired) electrons. The molecule has 0 spiro atoms. The zero-order valence-electron chi connectivity index (χ0n) is 16.2. The Hall–Kier alpha value is -2.89. The predicted octanol–water partition coefficient (Wildman–Crippen LogP) is 2.88. The summed E-state index contributed by atoms with van der Waals surface area (Å²) in [5.74, 6) is 0.475. The van der Waals surface area contributed by atoms with Crippen molar-refractivity contribution in [3.05, 3.63) is 71.5 Å². The van der Waals surface area contributed by atoms with E-state index in [1.165, 1.54) is 12.1 Å². The minimum absolute atomic E-state index is 0.0644. The minimum atomic E-state index is -0.254. The van der Waals surface area contributed by atoms with Crippen LogP contribution in [0.4, 0.5) is 4.39 Å². The topological polar surface area (TPSA) is 47.9 Å². The number of aliphatic imine (C=N–C) groups is 1. The first kappa shape index (κ1) is 20.4. The van der Waals surface area contributed by atoms with Crippen LogP contribution in [-0.4, -0.2) is 49.4 Å². The lowest BCUT2D eigenvalue weighted by molar-refractivity contribution is -0.130. The first-order valence-electron chi connectivity index (χ1n) is 8.93. The average Bonchev–Trinajstić information content (AvgIpc) is 2.65. The van der Waals surface area contributed by atoms with E-state index in [0.29, 0.717) is 32.0 Å². The first-order valence-corrected chi connectivity index (χ1v) is 8.93. The molecule has 144 valence electrons. The van der Waals surface area contributed by atoms with Gasteiger partial charge in [-0.05, 0) is 23.3 Å². The summed E-state index contributed by atoms with van der Waals surface area (Å²) >= 11 is 0. The molecular weight excluding hydrogens is 343 g/mol. The molecule has 5 nitrogen and oxygen atoms in total. The second-order valence-electron chi connectivity index (χ2n) is 6.45. The normalized spacial score (nSPS) is 11.2. The summed E-state index contributed by atoms with van der Waals surface area (Å²) in [6.45, 7) is 1.60. The molecule has 0 aliphatic carbocycles. The Balaban J connectivity index is 1.78. The van der Waals surface area contributed by atoms with Gasteiger partial charge in [0.05, 0.1) is 0 Å². The van der Waals surface area contributed by atoms with Crippen LogP contribution in [0.1, 0.15) is 17.5 Å². The van der Waals surface area contributed by atoms with E-state index >= 15 is 0 Å². The third-order valence-corrected chi connectivity index (χ3v) is 4.19. The number of guanidine groups is 1. The fourth-order valence-corrected chi connectivity index (χ4v) is 2.79. The highest BCUT2D eigenvalue weighted by atomic mass is 19.1. The Morgan fingerprint density at radius 2 is 1.67 bits per heavy atom. The maximum absolute atomic E-state index is 13.3. The van der Waals surface area contributed by atoms with Crippen molar-refractivity contribution < 1.29 is 9.18 Å². The fourth-order valence-electron chi connectivity index (χ4n) is 2.79. The van der Waals surface area contributed by atoms with E-state index in [9.17, 15) is 9.18 Å². The van der Waals surface area contributed by atoms with Gasteiger partial charge < -0.3 is 15.1 Å². The summed E-state index contributed by atoms with van der Waals surface area (Å²) in [6, 6.07) is 16.4. The van der Waals surface area contributed by atoms with Gasteiger partial charge in [-0.2, -0.15) is 0 Å². The SMILES string of the molecule is CN=C(NCCC(=O)N(C)Cc1ccccc1)N(C)Cc1cccc(F)c1. The lowest BCUT2D eigenvalue weighted by Gasteiger charge is -2.23. The molecule has 0 atom stereocenters. The number of carbonyl (C=O) groups excluding carboxylic acids is 1. The highest BCUT2D eigenvalue weighted by Crippen LogP contribution is 2.07. The van der Waals surface area contributed by atoms with Crippen molar-refractivity contribution >= 4 is 11.9 Å². The van der Waals surface area contributed by atoms with Crippen molar-refractivity contribution in [2.24, 2.45) is 4.99 Å². The van der Waals surface area contributed by atoms with Gasteiger partial charge in [-0.1, -0.05) is 42.5 Å². The molecule has 0 saturated heterocycles. The molecule has 0 aliphatic heterocycles. The summed E-state index contributed by atoms with van der Waals surface area (Å²) in [5, 5.41) is 3.19. The quantitative estimate of drug-likeness (QED) is 0.602. The molecule has 2 aromatic carbocycles. The largest absolute Gasteiger partial charge is 0.356 e. The van der Waals surface area contributed by atoms with E-state index < -0.39 is 0 Å². The molecular formula is C21H27FN4O. The Bertz CT molecular complexity index is 764. The Labute approximate surface area is 160 Å². The molecule has 2 aromatic rings. The molecule has 0 heterocycles. The van der Waals surface area contributed by atoms with Gasteiger partial charge in [0.15, 0.2) is 5.96 Å². The number of nitrogens with one attached hydrogen (secondary N) is 1. The van der Waals surface area contributed by atoms with Crippen LogP contribution in [0.2, 0.25) is 0 Å². The molecule has 1 N–H and O–H groups in total. The Morgan fingerprint density at radius 3 is 2.33 bits per heavy atom. The minimum Gasteiger partial charge on any atom is -0.356 e. The van der Waals surface area contributed by atoms with Crippen LogP contribution >= 0.6 is 0 Å². The summed E-state index contributed by atoms with van der Waals surface area (Å²) < 4.78 is 13.3. The fraction of sp³-hybridized carbons (Fsp3) is 0.333. The van der Waals surface area contributed by atoms with Gasteiger partial charge in [0.1, 0.15) is 5.82 Å². The van der Waals surface area contributed by atoms with Gasteiger partial charge in [-0.15, -0.1) is 0 Å². The second kappa shape index (κ2) is 10.3. The number of rotatable bonds is 7. The third kappa shape index (κ3) is 6.73. The van der Waals surface area contributed by atoms with E-state index in [2.05, 4.69) is 10.3 Å². The van der Waals surface area contributed by atoms with Crippen LogP contribution in [0.3, 0.4) is 0 Å². The van der Waals surface area contributed by atoms with Crippen molar-refractivity contribution in [3.8, 4) is 0 Å². The molecule has 1 amide bonds. The maximum atomic E-state index is 13.3. The summed E-state index contributed by atoms with van der Waals surface area (Å²) in [6.07, 6.45) is 0.371. The van der Waals surface area contributed by atoms with Gasteiger partial charge in [0.25, 0.3) is 0 Å². The number of nitrogens with zero attached hydrogens (tertiary/aromatic N) is 3. The lowest BCUT2D eigenvalue weighted by atomic mass is 10.2. The van der Waals surface area contributed by atoms with E-state index in [1.54, 1.807) is 25.1 Å². The average molecular weight is 370 g/mol. The van der Waals surface area contributed by atoms with E-state index in [1.807, 2.05) is 48.3 Å². The standard InChI is InChI=1S/C21H27FN4O/c1-23-21(26(3)16-18-10-7-11-19(22)14-18)24-13-12-20(27)25(2)15-17-8-5-4-6-9-17/h4-11,14H,12-13,15-16H2,1-3H3,(H,23,24). The number of benzene rings is 2. The van der Waals surface area contributed by atoms with Crippen LogP contribution in [0, 0.1) is 5.82 Å². The van der Waals surface area contributed by atoms with Gasteiger partial charge >= 0.3 is 0 Å². The highest BCUT2D eigenvalue weighted by Gasteiger charge is 2.11. The number of hydrogen-bond acceptors (Lipinski definition) is 2. The number of halogens is 1. The van der Waals surface area contributed by atoms with Gasteiger partial charge in [-0.3, -0.25) is 9.79 Å². The van der Waals surface area contributed by atoms with Crippen LogP contribution in [0.25, 0.3) is 0 Å². The van der Waals surface area contributed by atoms with Crippen LogP contribution in [-0.2, 0) is 17.9 Å². The number of hydrogen-bond donors (Lipinski definition) is 1. The molecule has 0 saturated carbocycles. The molecule has 0 aromatic heterocycles. The van der Waals surface area contributed by atoms with E-state index in [4.69, 9.17) is 0 Å². The van der Waals surface area contributed by atoms with Crippen LogP contribution in [0.5, 0.6) is 0 Å². The Morgan fingerprint density at radius 1 is 1.00 bits per heavy atom. The summed E-state index contributed by atoms with van der Waals surface area (Å²) in [4.78, 5) is 20.1. The summed E-state index contributed by atoms with van der Waals surface area (Å²) in [5.41, 5.74) is 1.96. The monoisotopic (exact) mass is 370 g/mol. The smallest absolute Gasteiger partial charge is 0.224 e. The first-order chi connectivity index (χ1) is 13.0. The second-order valence-corrected chi connectivity index (χ2v) is 6.45. The van der Waals surface area contributed by atoms with Gasteiger partial charge in [0, 0.05) is 47.2 Å². The van der Waals surface area contributed by atoms with Crippen LogP contribution < -0.4 is 5.32 Å². The van der Waals surface area contributed by atoms with Crippen molar-refractivity contribution in [2.45, 2.75) is 19.5 Å². The molecule has 6 heteroatoms. The molecule has 0 fully saturated rings. The lowest BCUT2D eigenvalue weighted by Crippen LogP contribution is -2.40. The summed E-state index contributed by atoms with van der Waals surface area (Å²) in [7, 11) is 5.37. The zero-order valence-corrected chi connectivity index (χ0v) is 16.2. The van der Waals surface area contributed by atoms with Crippen molar-refractivity contribution in [3.63, 3.8) is 0 Å². The molecule has 27 heavy (non-hydrogen) atoms. The van der Waals surface area contributed by atoms with Gasteiger partial charge in [0.2, 0.25) is 5.91 Å². The Kier molecular flexibility index (Phi) is 7.79. The van der Waals surface area contributed by atoms with Crippen molar-refractivity contribution in [1.29, 1.82) is 0 Å².